The summed E-state index contributed by atoms with van der Waals surface area (Å²) in [6.07, 6.45) is 4.78. The molecule has 0 aromatic carbocycles. The zero-order valence-corrected chi connectivity index (χ0v) is 14.7. The van der Waals surface area contributed by atoms with Crippen LogP contribution in [0.3, 0.4) is 0 Å². The third-order valence-electron chi connectivity index (χ3n) is 4.14. The van der Waals surface area contributed by atoms with E-state index in [4.69, 9.17) is 4.74 Å². The Hall–Kier alpha value is -0.770. The van der Waals surface area contributed by atoms with Gasteiger partial charge in [0.1, 0.15) is 5.60 Å². The lowest BCUT2D eigenvalue weighted by atomic mass is 9.86. The van der Waals surface area contributed by atoms with Gasteiger partial charge in [0.25, 0.3) is 0 Å². The molecule has 1 amide bonds. The summed E-state index contributed by atoms with van der Waals surface area (Å²) < 4.78 is 5.29. The summed E-state index contributed by atoms with van der Waals surface area (Å²) in [5.41, 5.74) is -0.440. The Morgan fingerprint density at radius 1 is 1.19 bits per heavy atom. The van der Waals surface area contributed by atoms with Crippen LogP contribution in [0.15, 0.2) is 0 Å². The molecule has 0 heterocycles. The molecule has 0 radical (unpaired) electrons. The van der Waals surface area contributed by atoms with Crippen LogP contribution in [0.5, 0.6) is 0 Å². The Labute approximate surface area is 130 Å². The van der Waals surface area contributed by atoms with Gasteiger partial charge in [0.15, 0.2) is 0 Å². The van der Waals surface area contributed by atoms with Crippen molar-refractivity contribution < 1.29 is 9.53 Å². The van der Waals surface area contributed by atoms with Crippen LogP contribution >= 0.6 is 0 Å². The molecule has 4 heteroatoms. The molecule has 1 aliphatic carbocycles. The second kappa shape index (κ2) is 8.02. The van der Waals surface area contributed by atoms with Gasteiger partial charge >= 0.3 is 6.09 Å². The number of carbonyl (C=O) groups is 1. The molecule has 0 aromatic heterocycles. The smallest absolute Gasteiger partial charge is 0.407 e. The average molecular weight is 298 g/mol. The number of nitrogens with one attached hydrogen (secondary N) is 2. The Morgan fingerprint density at radius 2 is 1.76 bits per heavy atom. The van der Waals surface area contributed by atoms with Crippen LogP contribution in [0.2, 0.25) is 0 Å². The molecule has 0 bridgehead atoms. The van der Waals surface area contributed by atoms with Gasteiger partial charge in [0, 0.05) is 18.6 Å². The number of amides is 1. The SMILES string of the molecule is CC1CCC(NC(CNC(=O)OC(C)(C)C)C(C)C)CC1. The second-order valence-electron chi connectivity index (χ2n) is 7.86. The normalized spacial score (nSPS) is 24.7. The van der Waals surface area contributed by atoms with Crippen LogP contribution in [0.4, 0.5) is 4.79 Å². The van der Waals surface area contributed by atoms with E-state index in [9.17, 15) is 4.79 Å². The van der Waals surface area contributed by atoms with Crippen molar-refractivity contribution in [2.24, 2.45) is 11.8 Å². The third-order valence-corrected chi connectivity index (χ3v) is 4.14. The Balaban J connectivity index is 2.38. The molecule has 1 fully saturated rings. The number of carbonyl (C=O) groups excluding carboxylic acids is 1. The molecule has 4 nitrogen and oxygen atoms in total. The molecule has 1 aliphatic rings. The predicted octanol–water partition coefficient (Wildman–Crippen LogP) is 3.70. The molecule has 0 saturated heterocycles. The second-order valence-corrected chi connectivity index (χ2v) is 7.86. The highest BCUT2D eigenvalue weighted by Gasteiger charge is 2.24. The van der Waals surface area contributed by atoms with Gasteiger partial charge in [-0.05, 0) is 58.3 Å². The number of alkyl carbamates (subject to hydrolysis) is 1. The maximum absolute atomic E-state index is 11.8. The number of hydrogen-bond acceptors (Lipinski definition) is 3. The van der Waals surface area contributed by atoms with Gasteiger partial charge < -0.3 is 15.4 Å². The third kappa shape index (κ3) is 7.70. The molecule has 1 rings (SSSR count). The lowest BCUT2D eigenvalue weighted by Crippen LogP contribution is -2.49. The van der Waals surface area contributed by atoms with E-state index in [0.717, 1.165) is 5.92 Å². The van der Waals surface area contributed by atoms with Crippen molar-refractivity contribution in [3.63, 3.8) is 0 Å². The van der Waals surface area contributed by atoms with Gasteiger partial charge in [-0.1, -0.05) is 20.8 Å². The zero-order chi connectivity index (χ0) is 16.0. The number of rotatable bonds is 5. The number of hydrogen-bond donors (Lipinski definition) is 2. The highest BCUT2D eigenvalue weighted by atomic mass is 16.6. The van der Waals surface area contributed by atoms with Crippen LogP contribution in [-0.2, 0) is 4.74 Å². The van der Waals surface area contributed by atoms with Crippen molar-refractivity contribution in [2.75, 3.05) is 6.54 Å². The van der Waals surface area contributed by atoms with Gasteiger partial charge in [0.05, 0.1) is 0 Å². The molecule has 124 valence electrons. The average Bonchev–Trinajstić information content (AvgIpc) is 2.34. The fourth-order valence-corrected chi connectivity index (χ4v) is 2.72. The van der Waals surface area contributed by atoms with Crippen molar-refractivity contribution in [3.05, 3.63) is 0 Å². The minimum Gasteiger partial charge on any atom is -0.444 e. The van der Waals surface area contributed by atoms with Crippen LogP contribution in [0.1, 0.15) is 67.2 Å². The molecule has 0 aliphatic heterocycles. The largest absolute Gasteiger partial charge is 0.444 e. The van der Waals surface area contributed by atoms with E-state index in [1.165, 1.54) is 25.7 Å². The van der Waals surface area contributed by atoms with Crippen molar-refractivity contribution in [2.45, 2.75) is 84.9 Å². The standard InChI is InChI=1S/C17H34N2O2/c1-12(2)15(11-18-16(20)21-17(4,5)6)19-14-9-7-13(3)8-10-14/h12-15,19H,7-11H2,1-6H3,(H,18,20). The van der Waals surface area contributed by atoms with E-state index in [-0.39, 0.29) is 6.09 Å². The Bertz CT molecular complexity index is 315. The molecule has 0 spiro atoms. The maximum atomic E-state index is 11.8. The first-order valence-corrected chi connectivity index (χ1v) is 8.40. The number of ether oxygens (including phenoxy) is 1. The first kappa shape index (κ1) is 18.3. The quantitative estimate of drug-likeness (QED) is 0.813. The van der Waals surface area contributed by atoms with Gasteiger partial charge in [0.2, 0.25) is 0 Å². The summed E-state index contributed by atoms with van der Waals surface area (Å²) >= 11 is 0. The molecule has 0 aromatic rings. The van der Waals surface area contributed by atoms with Crippen LogP contribution in [-0.4, -0.2) is 30.3 Å². The van der Waals surface area contributed by atoms with E-state index < -0.39 is 5.60 Å². The van der Waals surface area contributed by atoms with E-state index in [0.29, 0.717) is 24.5 Å². The lowest BCUT2D eigenvalue weighted by Gasteiger charge is -2.33. The maximum Gasteiger partial charge on any atom is 0.407 e. The van der Waals surface area contributed by atoms with Gasteiger partial charge in [-0.25, -0.2) is 4.79 Å². The van der Waals surface area contributed by atoms with Gasteiger partial charge in [-0.2, -0.15) is 0 Å². The molecule has 2 N–H and O–H groups in total. The molecular formula is C17H34N2O2. The highest BCUT2D eigenvalue weighted by molar-refractivity contribution is 5.67. The minimum atomic E-state index is -0.440. The lowest BCUT2D eigenvalue weighted by molar-refractivity contribution is 0.0517. The topological polar surface area (TPSA) is 50.4 Å². The van der Waals surface area contributed by atoms with Gasteiger partial charge in [-0.15, -0.1) is 0 Å². The van der Waals surface area contributed by atoms with E-state index in [2.05, 4.69) is 31.4 Å². The van der Waals surface area contributed by atoms with Crippen molar-refractivity contribution in [1.82, 2.24) is 10.6 Å². The first-order chi connectivity index (χ1) is 9.67. The molecular weight excluding hydrogens is 264 g/mol. The fraction of sp³-hybridized carbons (Fsp3) is 0.941. The van der Waals surface area contributed by atoms with Crippen LogP contribution in [0, 0.1) is 11.8 Å². The summed E-state index contributed by atoms with van der Waals surface area (Å²) in [4.78, 5) is 11.8. The summed E-state index contributed by atoms with van der Waals surface area (Å²) in [7, 11) is 0. The molecule has 1 saturated carbocycles. The summed E-state index contributed by atoms with van der Waals surface area (Å²) in [6.45, 7) is 13.0. The molecule has 1 atom stereocenters. The Morgan fingerprint density at radius 3 is 2.24 bits per heavy atom. The monoisotopic (exact) mass is 298 g/mol. The highest BCUT2D eigenvalue weighted by Crippen LogP contribution is 2.24. The zero-order valence-electron chi connectivity index (χ0n) is 14.7. The molecule has 1 unspecified atom stereocenters. The van der Waals surface area contributed by atoms with Crippen molar-refractivity contribution in [3.8, 4) is 0 Å². The Kier molecular flexibility index (Phi) is 6.98. The summed E-state index contributed by atoms with van der Waals surface area (Å²) in [5.74, 6) is 1.35. The van der Waals surface area contributed by atoms with Crippen molar-refractivity contribution in [1.29, 1.82) is 0 Å². The van der Waals surface area contributed by atoms with Gasteiger partial charge in [-0.3, -0.25) is 0 Å². The van der Waals surface area contributed by atoms with Crippen molar-refractivity contribution >= 4 is 6.09 Å². The first-order valence-electron chi connectivity index (χ1n) is 8.40. The summed E-state index contributed by atoms with van der Waals surface area (Å²) in [5, 5.41) is 6.62. The van der Waals surface area contributed by atoms with E-state index >= 15 is 0 Å². The predicted molar refractivity (Wildman–Crippen MR) is 87.4 cm³/mol. The van der Waals surface area contributed by atoms with Crippen LogP contribution < -0.4 is 10.6 Å². The summed E-state index contributed by atoms with van der Waals surface area (Å²) in [6, 6.07) is 0.893. The fourth-order valence-electron chi connectivity index (χ4n) is 2.72. The van der Waals surface area contributed by atoms with Crippen LogP contribution in [0.25, 0.3) is 0 Å². The van der Waals surface area contributed by atoms with E-state index in [1.54, 1.807) is 0 Å². The van der Waals surface area contributed by atoms with E-state index in [1.807, 2.05) is 20.8 Å². The minimum absolute atomic E-state index is 0.302. The molecule has 21 heavy (non-hydrogen) atoms.